The number of phenols is 1. The van der Waals surface area contributed by atoms with Crippen LogP contribution in [0.15, 0.2) is 53.1 Å². The van der Waals surface area contributed by atoms with Gasteiger partial charge in [0.05, 0.1) is 6.61 Å². The van der Waals surface area contributed by atoms with Crippen LogP contribution in [-0.2, 0) is 16.1 Å². The van der Waals surface area contributed by atoms with E-state index < -0.39 is 0 Å². The summed E-state index contributed by atoms with van der Waals surface area (Å²) in [6.07, 6.45) is 0. The van der Waals surface area contributed by atoms with Crippen LogP contribution in [-0.4, -0.2) is 29.6 Å². The van der Waals surface area contributed by atoms with Gasteiger partial charge in [0, 0.05) is 23.4 Å². The summed E-state index contributed by atoms with van der Waals surface area (Å²) in [6, 6.07) is 13.5. The number of hydrogen-bond acceptors (Lipinski definition) is 7. The minimum atomic E-state index is -0.333. The molecule has 1 amide bonds. The Kier molecular flexibility index (Phi) is 4.63. The molecule has 0 saturated carbocycles. The van der Waals surface area contributed by atoms with Crippen molar-refractivity contribution >= 4 is 11.6 Å². The average Bonchev–Trinajstić information content (AvgIpc) is 3.30. The van der Waals surface area contributed by atoms with Crippen LogP contribution < -0.4 is 14.8 Å². The highest BCUT2D eigenvalue weighted by Gasteiger charge is 2.16. The number of benzene rings is 2. The van der Waals surface area contributed by atoms with Crippen molar-refractivity contribution in [3.05, 3.63) is 54.2 Å². The van der Waals surface area contributed by atoms with Crippen molar-refractivity contribution in [3.63, 3.8) is 0 Å². The Balaban J connectivity index is 1.30. The summed E-state index contributed by atoms with van der Waals surface area (Å²) < 4.78 is 21.3. The van der Waals surface area contributed by atoms with Gasteiger partial charge in [-0.3, -0.25) is 4.79 Å². The standard InChI is InChI=1S/C19H16N2O6/c22-15-3-1-2-13(7-15)20-19(23)10-24-9-14-8-17(27-21-14)12-4-5-16-18(6-12)26-11-25-16/h1-8,22H,9-11H2,(H,20,23). The molecule has 1 aliphatic rings. The van der Waals surface area contributed by atoms with Crippen molar-refractivity contribution in [1.29, 1.82) is 0 Å². The summed E-state index contributed by atoms with van der Waals surface area (Å²) >= 11 is 0. The third-order valence-electron chi connectivity index (χ3n) is 3.83. The Morgan fingerprint density at radius 2 is 2.04 bits per heavy atom. The smallest absolute Gasteiger partial charge is 0.250 e. The van der Waals surface area contributed by atoms with Gasteiger partial charge in [-0.25, -0.2) is 0 Å². The Hall–Kier alpha value is -3.52. The van der Waals surface area contributed by atoms with E-state index in [1.165, 1.54) is 12.1 Å². The Labute approximate surface area is 154 Å². The average molecular weight is 368 g/mol. The molecule has 2 aromatic carbocycles. The zero-order chi connectivity index (χ0) is 18.6. The molecule has 1 aromatic heterocycles. The fourth-order valence-corrected chi connectivity index (χ4v) is 2.59. The maximum absolute atomic E-state index is 11.9. The van der Waals surface area contributed by atoms with Gasteiger partial charge in [0.1, 0.15) is 18.1 Å². The molecule has 2 heterocycles. The van der Waals surface area contributed by atoms with Crippen molar-refractivity contribution in [2.75, 3.05) is 18.7 Å². The largest absolute Gasteiger partial charge is 0.508 e. The van der Waals surface area contributed by atoms with Crippen molar-refractivity contribution in [3.8, 4) is 28.6 Å². The molecule has 4 rings (SSSR count). The van der Waals surface area contributed by atoms with Crippen LogP contribution in [0.4, 0.5) is 5.69 Å². The van der Waals surface area contributed by atoms with Crippen LogP contribution in [0.5, 0.6) is 17.2 Å². The van der Waals surface area contributed by atoms with Crippen molar-refractivity contribution < 1.29 is 28.6 Å². The molecule has 8 heteroatoms. The van der Waals surface area contributed by atoms with Gasteiger partial charge in [-0.1, -0.05) is 11.2 Å². The van der Waals surface area contributed by atoms with Gasteiger partial charge in [0.15, 0.2) is 17.3 Å². The van der Waals surface area contributed by atoms with E-state index in [1.807, 2.05) is 18.2 Å². The number of aromatic nitrogens is 1. The fourth-order valence-electron chi connectivity index (χ4n) is 2.59. The van der Waals surface area contributed by atoms with Crippen molar-refractivity contribution in [1.82, 2.24) is 5.16 Å². The van der Waals surface area contributed by atoms with Crippen LogP contribution in [0.2, 0.25) is 0 Å². The van der Waals surface area contributed by atoms with Crippen LogP contribution in [0, 0.1) is 0 Å². The predicted octanol–water partition coefficient (Wildman–Crippen LogP) is 2.93. The van der Waals surface area contributed by atoms with E-state index in [9.17, 15) is 9.90 Å². The van der Waals surface area contributed by atoms with E-state index in [1.54, 1.807) is 18.2 Å². The number of hydrogen-bond donors (Lipinski definition) is 2. The lowest BCUT2D eigenvalue weighted by Gasteiger charge is -2.05. The first kappa shape index (κ1) is 16.9. The summed E-state index contributed by atoms with van der Waals surface area (Å²) in [5.74, 6) is 1.66. The quantitative estimate of drug-likeness (QED) is 0.689. The molecule has 0 spiro atoms. The van der Waals surface area contributed by atoms with E-state index in [-0.39, 0.29) is 31.7 Å². The van der Waals surface area contributed by atoms with E-state index in [0.717, 1.165) is 5.56 Å². The van der Waals surface area contributed by atoms with Crippen LogP contribution in [0.3, 0.4) is 0 Å². The number of amides is 1. The molecule has 0 aliphatic carbocycles. The molecule has 0 bridgehead atoms. The zero-order valence-corrected chi connectivity index (χ0v) is 14.2. The van der Waals surface area contributed by atoms with Gasteiger partial charge in [-0.05, 0) is 30.3 Å². The monoisotopic (exact) mass is 368 g/mol. The lowest BCUT2D eigenvalue weighted by atomic mass is 10.1. The molecule has 0 radical (unpaired) electrons. The van der Waals surface area contributed by atoms with Crippen LogP contribution >= 0.6 is 0 Å². The molecule has 0 fully saturated rings. The fraction of sp³-hybridized carbons (Fsp3) is 0.158. The molecular formula is C19H16N2O6. The van der Waals surface area contributed by atoms with Gasteiger partial charge in [0.25, 0.3) is 0 Å². The number of phenolic OH excluding ortho intramolecular Hbond substituents is 1. The van der Waals surface area contributed by atoms with Crippen molar-refractivity contribution in [2.24, 2.45) is 0 Å². The molecule has 138 valence electrons. The molecule has 8 nitrogen and oxygen atoms in total. The molecular weight excluding hydrogens is 352 g/mol. The predicted molar refractivity (Wildman–Crippen MR) is 94.5 cm³/mol. The number of rotatable bonds is 6. The maximum atomic E-state index is 11.9. The summed E-state index contributed by atoms with van der Waals surface area (Å²) in [6.45, 7) is 0.183. The number of aromatic hydroxyl groups is 1. The third-order valence-corrected chi connectivity index (χ3v) is 3.83. The third kappa shape index (κ3) is 4.01. The topological polar surface area (TPSA) is 103 Å². The molecule has 27 heavy (non-hydrogen) atoms. The number of fused-ring (bicyclic) bond motifs is 1. The highest BCUT2D eigenvalue weighted by atomic mass is 16.7. The minimum absolute atomic E-state index is 0.0763. The molecule has 0 unspecified atom stereocenters. The zero-order valence-electron chi connectivity index (χ0n) is 14.2. The van der Waals surface area contributed by atoms with E-state index in [2.05, 4.69) is 10.5 Å². The first-order valence-electron chi connectivity index (χ1n) is 8.19. The Bertz CT molecular complexity index is 968. The van der Waals surface area contributed by atoms with Gasteiger partial charge in [0.2, 0.25) is 12.7 Å². The number of nitrogens with zero attached hydrogens (tertiary/aromatic N) is 1. The highest BCUT2D eigenvalue weighted by molar-refractivity contribution is 5.91. The summed E-state index contributed by atoms with van der Waals surface area (Å²) in [5.41, 5.74) is 1.86. The SMILES string of the molecule is O=C(COCc1cc(-c2ccc3c(c2)OCO3)on1)Nc1cccc(O)c1. The van der Waals surface area contributed by atoms with Gasteiger partial charge in [-0.2, -0.15) is 0 Å². The molecule has 0 saturated heterocycles. The van der Waals surface area contributed by atoms with E-state index in [0.29, 0.717) is 28.6 Å². The number of anilines is 1. The lowest BCUT2D eigenvalue weighted by molar-refractivity contribution is -0.121. The number of carbonyl (C=O) groups excluding carboxylic acids is 1. The molecule has 3 aromatic rings. The number of nitrogens with one attached hydrogen (secondary N) is 1. The summed E-state index contributed by atoms with van der Waals surface area (Å²) in [7, 11) is 0. The van der Waals surface area contributed by atoms with Gasteiger partial charge >= 0.3 is 0 Å². The first-order valence-corrected chi connectivity index (χ1v) is 8.19. The normalized spacial score (nSPS) is 12.1. The van der Waals surface area contributed by atoms with E-state index in [4.69, 9.17) is 18.7 Å². The van der Waals surface area contributed by atoms with Crippen LogP contribution in [0.25, 0.3) is 11.3 Å². The van der Waals surface area contributed by atoms with Crippen LogP contribution in [0.1, 0.15) is 5.69 Å². The van der Waals surface area contributed by atoms with Gasteiger partial charge in [-0.15, -0.1) is 0 Å². The lowest BCUT2D eigenvalue weighted by Crippen LogP contribution is -2.18. The second kappa shape index (κ2) is 7.38. The maximum Gasteiger partial charge on any atom is 0.250 e. The van der Waals surface area contributed by atoms with E-state index >= 15 is 0 Å². The molecule has 1 aliphatic heterocycles. The van der Waals surface area contributed by atoms with Gasteiger partial charge < -0.3 is 29.2 Å². The highest BCUT2D eigenvalue weighted by Crippen LogP contribution is 2.36. The first-order chi connectivity index (χ1) is 13.2. The number of ether oxygens (including phenoxy) is 3. The Morgan fingerprint density at radius 1 is 1.15 bits per heavy atom. The Morgan fingerprint density at radius 3 is 2.93 bits per heavy atom. The number of carbonyl (C=O) groups is 1. The summed E-state index contributed by atoms with van der Waals surface area (Å²) in [5, 5.41) is 16.0. The second-order valence-electron chi connectivity index (χ2n) is 5.84. The second-order valence-corrected chi connectivity index (χ2v) is 5.84. The summed E-state index contributed by atoms with van der Waals surface area (Å²) in [4.78, 5) is 11.9. The molecule has 2 N–H and O–H groups in total. The van der Waals surface area contributed by atoms with Crippen molar-refractivity contribution in [2.45, 2.75) is 6.61 Å². The molecule has 0 atom stereocenters. The minimum Gasteiger partial charge on any atom is -0.508 e.